The summed E-state index contributed by atoms with van der Waals surface area (Å²) in [5.74, 6) is 0.216. The van der Waals surface area contributed by atoms with Gasteiger partial charge in [0.15, 0.2) is 0 Å². The fraction of sp³-hybridized carbons (Fsp3) is 0.526. The molecule has 4 aliphatic rings. The quantitative estimate of drug-likeness (QED) is 0.831. The van der Waals surface area contributed by atoms with Crippen molar-refractivity contribution in [2.45, 2.75) is 50.0 Å². The van der Waals surface area contributed by atoms with E-state index in [4.69, 9.17) is 4.74 Å². The number of carbonyl (C=O) groups is 1. The zero-order valence-corrected chi connectivity index (χ0v) is 13.5. The summed E-state index contributed by atoms with van der Waals surface area (Å²) in [7, 11) is 0. The SMILES string of the molecule is O=C(OC1CC2CC3C[C@@H](C1)N2CC3O)c1c[nH]c2ccccc12. The third-order valence-corrected chi connectivity index (χ3v) is 6.18. The molecule has 5 unspecified atom stereocenters. The van der Waals surface area contributed by atoms with E-state index in [0.29, 0.717) is 23.6 Å². The molecule has 5 heterocycles. The van der Waals surface area contributed by atoms with Crippen molar-refractivity contribution in [1.29, 1.82) is 0 Å². The number of H-pyrrole nitrogens is 1. The van der Waals surface area contributed by atoms with Gasteiger partial charge in [0, 0.05) is 48.6 Å². The van der Waals surface area contributed by atoms with Crippen LogP contribution in [0.3, 0.4) is 0 Å². The largest absolute Gasteiger partial charge is 0.459 e. The molecule has 0 spiro atoms. The molecule has 1 aromatic carbocycles. The number of esters is 1. The van der Waals surface area contributed by atoms with Gasteiger partial charge in [0.25, 0.3) is 0 Å². The Morgan fingerprint density at radius 2 is 1.92 bits per heavy atom. The summed E-state index contributed by atoms with van der Waals surface area (Å²) in [4.78, 5) is 18.2. The Balaban J connectivity index is 1.32. The van der Waals surface area contributed by atoms with Crippen LogP contribution in [0.2, 0.25) is 0 Å². The van der Waals surface area contributed by atoms with Crippen LogP contribution in [0.25, 0.3) is 10.9 Å². The van der Waals surface area contributed by atoms with Crippen molar-refractivity contribution in [1.82, 2.24) is 9.88 Å². The number of benzene rings is 1. The molecule has 5 nitrogen and oxygen atoms in total. The summed E-state index contributed by atoms with van der Waals surface area (Å²) in [5, 5.41) is 11.0. The fourth-order valence-electron chi connectivity index (χ4n) is 5.06. The lowest BCUT2D eigenvalue weighted by Gasteiger charge is -2.56. The molecule has 126 valence electrons. The number of aromatic amines is 1. The van der Waals surface area contributed by atoms with Crippen LogP contribution in [0.5, 0.6) is 0 Å². The topological polar surface area (TPSA) is 65.6 Å². The maximum Gasteiger partial charge on any atom is 0.340 e. The molecular weight excluding hydrogens is 304 g/mol. The maximum absolute atomic E-state index is 12.6. The third kappa shape index (κ3) is 2.19. The number of para-hydroxylation sites is 1. The highest BCUT2D eigenvalue weighted by atomic mass is 16.5. The normalized spacial score (nSPS) is 37.5. The summed E-state index contributed by atoms with van der Waals surface area (Å²) < 4.78 is 5.87. The lowest BCUT2D eigenvalue weighted by Crippen LogP contribution is -2.64. The Morgan fingerprint density at radius 3 is 2.67 bits per heavy atom. The van der Waals surface area contributed by atoms with E-state index in [-0.39, 0.29) is 18.2 Å². The zero-order valence-electron chi connectivity index (χ0n) is 13.5. The third-order valence-electron chi connectivity index (χ3n) is 6.18. The molecule has 0 amide bonds. The second kappa shape index (κ2) is 5.33. The van der Waals surface area contributed by atoms with Gasteiger partial charge in [-0.3, -0.25) is 4.90 Å². The van der Waals surface area contributed by atoms with E-state index in [0.717, 1.165) is 43.1 Å². The van der Waals surface area contributed by atoms with Gasteiger partial charge in [0.05, 0.1) is 11.7 Å². The fourth-order valence-corrected chi connectivity index (χ4v) is 5.06. The van der Waals surface area contributed by atoms with Crippen molar-refractivity contribution in [2.24, 2.45) is 5.92 Å². The molecule has 2 aromatic rings. The molecule has 4 aliphatic heterocycles. The molecule has 1 aromatic heterocycles. The van der Waals surface area contributed by atoms with Gasteiger partial charge in [0.2, 0.25) is 0 Å². The van der Waals surface area contributed by atoms with Gasteiger partial charge in [-0.25, -0.2) is 4.79 Å². The summed E-state index contributed by atoms with van der Waals surface area (Å²) >= 11 is 0. The smallest absolute Gasteiger partial charge is 0.340 e. The molecule has 4 saturated heterocycles. The molecule has 2 N–H and O–H groups in total. The van der Waals surface area contributed by atoms with Crippen molar-refractivity contribution in [2.75, 3.05) is 6.54 Å². The van der Waals surface area contributed by atoms with Gasteiger partial charge in [-0.05, 0) is 24.8 Å². The van der Waals surface area contributed by atoms with Gasteiger partial charge in [-0.1, -0.05) is 18.2 Å². The standard InChI is InChI=1S/C19H22N2O3/c22-18-10-21-12-5-11(18)6-13(21)8-14(7-12)24-19(23)16-9-20-17-4-2-1-3-15(16)17/h1-4,9,11-14,18,20,22H,5-8,10H2/t11?,12-,13?,14?,18?/m0/s1. The first kappa shape index (κ1) is 14.5. The number of ether oxygens (including phenoxy) is 1. The minimum absolute atomic E-state index is 0.00592. The Labute approximate surface area is 140 Å². The summed E-state index contributed by atoms with van der Waals surface area (Å²) in [6, 6.07) is 8.73. The number of nitrogens with one attached hydrogen (secondary N) is 1. The summed E-state index contributed by atoms with van der Waals surface area (Å²) in [6.45, 7) is 0.795. The molecular formula is C19H22N2O3. The first-order valence-electron chi connectivity index (χ1n) is 8.90. The van der Waals surface area contributed by atoms with Crippen LogP contribution in [-0.2, 0) is 4.74 Å². The molecule has 0 radical (unpaired) electrons. The maximum atomic E-state index is 12.6. The minimum Gasteiger partial charge on any atom is -0.459 e. The van der Waals surface area contributed by atoms with E-state index >= 15 is 0 Å². The Morgan fingerprint density at radius 1 is 1.17 bits per heavy atom. The van der Waals surface area contributed by atoms with Crippen LogP contribution in [0.4, 0.5) is 0 Å². The molecule has 0 aliphatic carbocycles. The van der Waals surface area contributed by atoms with Crippen molar-refractivity contribution in [3.8, 4) is 0 Å². The van der Waals surface area contributed by atoms with Crippen LogP contribution in [-0.4, -0.2) is 51.8 Å². The summed E-state index contributed by atoms with van der Waals surface area (Å²) in [5.41, 5.74) is 1.58. The lowest BCUT2D eigenvalue weighted by atomic mass is 9.71. The number of aromatic nitrogens is 1. The van der Waals surface area contributed by atoms with Gasteiger partial charge >= 0.3 is 5.97 Å². The molecule has 5 heteroatoms. The van der Waals surface area contributed by atoms with Crippen LogP contribution >= 0.6 is 0 Å². The van der Waals surface area contributed by atoms with E-state index in [1.165, 1.54) is 0 Å². The van der Waals surface area contributed by atoms with Crippen LogP contribution in [0, 0.1) is 5.92 Å². The van der Waals surface area contributed by atoms with Crippen molar-refractivity contribution in [3.63, 3.8) is 0 Å². The second-order valence-corrected chi connectivity index (χ2v) is 7.55. The second-order valence-electron chi connectivity index (χ2n) is 7.55. The molecule has 6 rings (SSSR count). The molecule has 4 fully saturated rings. The van der Waals surface area contributed by atoms with E-state index in [2.05, 4.69) is 9.88 Å². The van der Waals surface area contributed by atoms with E-state index in [1.807, 2.05) is 24.3 Å². The Kier molecular flexibility index (Phi) is 3.22. The number of nitrogens with zero attached hydrogens (tertiary/aromatic N) is 1. The Hall–Kier alpha value is -1.85. The highest BCUT2D eigenvalue weighted by Gasteiger charge is 2.49. The van der Waals surface area contributed by atoms with Gasteiger partial charge in [0.1, 0.15) is 6.10 Å². The van der Waals surface area contributed by atoms with Crippen molar-refractivity contribution >= 4 is 16.9 Å². The Bertz CT molecular complexity index is 770. The van der Waals surface area contributed by atoms with Gasteiger partial charge < -0.3 is 14.8 Å². The van der Waals surface area contributed by atoms with Crippen molar-refractivity contribution in [3.05, 3.63) is 36.0 Å². The van der Waals surface area contributed by atoms with Gasteiger partial charge in [-0.15, -0.1) is 0 Å². The highest BCUT2D eigenvalue weighted by Crippen LogP contribution is 2.43. The first-order valence-corrected chi connectivity index (χ1v) is 8.90. The average Bonchev–Trinajstić information content (AvgIpc) is 2.99. The predicted molar refractivity (Wildman–Crippen MR) is 89.7 cm³/mol. The first-order chi connectivity index (χ1) is 11.7. The number of hydrogen-bond donors (Lipinski definition) is 2. The molecule has 4 bridgehead atoms. The predicted octanol–water partition coefficient (Wildman–Crippen LogP) is 2.31. The molecule has 6 atom stereocenters. The molecule has 24 heavy (non-hydrogen) atoms. The van der Waals surface area contributed by atoms with E-state index in [9.17, 15) is 9.90 Å². The highest BCUT2D eigenvalue weighted by molar-refractivity contribution is 6.04. The number of aliphatic hydroxyl groups is 1. The van der Waals surface area contributed by atoms with Crippen molar-refractivity contribution < 1.29 is 14.6 Å². The van der Waals surface area contributed by atoms with Crippen LogP contribution in [0.1, 0.15) is 36.0 Å². The zero-order chi connectivity index (χ0) is 16.3. The van der Waals surface area contributed by atoms with E-state index < -0.39 is 0 Å². The number of piperidine rings is 4. The lowest BCUT2D eigenvalue weighted by molar-refractivity contribution is -0.130. The van der Waals surface area contributed by atoms with Gasteiger partial charge in [-0.2, -0.15) is 0 Å². The summed E-state index contributed by atoms with van der Waals surface area (Å²) in [6.07, 6.45) is 5.45. The number of carbonyl (C=O) groups excluding carboxylic acids is 1. The minimum atomic E-state index is -0.224. The average molecular weight is 326 g/mol. The number of rotatable bonds is 2. The van der Waals surface area contributed by atoms with Crippen LogP contribution in [0.15, 0.2) is 30.5 Å². The number of hydrogen-bond acceptors (Lipinski definition) is 4. The molecule has 0 saturated carbocycles. The monoisotopic (exact) mass is 326 g/mol. The van der Waals surface area contributed by atoms with Crippen LogP contribution < -0.4 is 0 Å². The number of aliphatic hydroxyl groups excluding tert-OH is 1. The number of fused-ring (bicyclic) bond motifs is 2. The van der Waals surface area contributed by atoms with E-state index in [1.54, 1.807) is 6.20 Å².